The Morgan fingerprint density at radius 2 is 1.89 bits per heavy atom. The highest BCUT2D eigenvalue weighted by Gasteiger charge is 2.09. The lowest BCUT2D eigenvalue weighted by Gasteiger charge is -2.06. The molecule has 0 spiro atoms. The number of benzene rings is 1. The highest BCUT2D eigenvalue weighted by molar-refractivity contribution is 6.04. The molecule has 6 heteroatoms. The minimum absolute atomic E-state index is 0.251. The summed E-state index contributed by atoms with van der Waals surface area (Å²) in [5, 5.41) is 2.58. The molecule has 0 saturated heterocycles. The normalized spacial score (nSPS) is 10.1. The van der Waals surface area contributed by atoms with E-state index >= 15 is 0 Å². The Balaban J connectivity index is 2.22. The van der Waals surface area contributed by atoms with Gasteiger partial charge in [0.1, 0.15) is 0 Å². The smallest absolute Gasteiger partial charge is 0.258 e. The average molecular weight is 243 g/mol. The highest BCUT2D eigenvalue weighted by Crippen LogP contribution is 2.14. The standard InChI is InChI=1S/C12H13N5O/c1-7-2-3-15-12(16-7)17-11(18)8-4-9(13)6-10(14)5-8/h2-6H,13-14H2,1H3,(H,15,16,17,18). The number of hydrogen-bond donors (Lipinski definition) is 3. The zero-order chi connectivity index (χ0) is 13.1. The van der Waals surface area contributed by atoms with Gasteiger partial charge in [-0.15, -0.1) is 0 Å². The van der Waals surface area contributed by atoms with Crippen molar-refractivity contribution in [3.63, 3.8) is 0 Å². The lowest BCUT2D eigenvalue weighted by molar-refractivity contribution is 0.102. The van der Waals surface area contributed by atoms with E-state index in [1.807, 2.05) is 6.92 Å². The number of aromatic nitrogens is 2. The third kappa shape index (κ3) is 2.73. The Bertz CT molecular complexity index is 577. The van der Waals surface area contributed by atoms with E-state index in [9.17, 15) is 4.79 Å². The maximum atomic E-state index is 11.9. The van der Waals surface area contributed by atoms with Crippen molar-refractivity contribution in [2.75, 3.05) is 16.8 Å². The summed E-state index contributed by atoms with van der Waals surface area (Å²) in [4.78, 5) is 19.9. The first kappa shape index (κ1) is 11.8. The summed E-state index contributed by atoms with van der Waals surface area (Å²) in [6.07, 6.45) is 1.58. The summed E-state index contributed by atoms with van der Waals surface area (Å²) in [6, 6.07) is 6.41. The number of carbonyl (C=O) groups is 1. The van der Waals surface area contributed by atoms with Crippen molar-refractivity contribution in [3.8, 4) is 0 Å². The number of nitrogen functional groups attached to an aromatic ring is 2. The van der Waals surface area contributed by atoms with E-state index in [1.54, 1.807) is 30.5 Å². The molecule has 0 saturated carbocycles. The van der Waals surface area contributed by atoms with Crippen molar-refractivity contribution >= 4 is 23.2 Å². The minimum atomic E-state index is -0.348. The average Bonchev–Trinajstić information content (AvgIpc) is 2.27. The summed E-state index contributed by atoms with van der Waals surface area (Å²) < 4.78 is 0. The van der Waals surface area contributed by atoms with Crippen molar-refractivity contribution in [1.82, 2.24) is 9.97 Å². The number of aryl methyl sites for hydroxylation is 1. The fourth-order valence-corrected chi connectivity index (χ4v) is 1.49. The van der Waals surface area contributed by atoms with Crippen molar-refractivity contribution in [2.45, 2.75) is 6.92 Å². The van der Waals surface area contributed by atoms with Gasteiger partial charge < -0.3 is 11.5 Å². The molecular formula is C12H13N5O. The Kier molecular flexibility index (Phi) is 3.09. The quantitative estimate of drug-likeness (QED) is 0.687. The number of amides is 1. The molecule has 0 fully saturated rings. The number of anilines is 3. The van der Waals surface area contributed by atoms with Crippen molar-refractivity contribution in [1.29, 1.82) is 0 Å². The Morgan fingerprint density at radius 3 is 2.50 bits per heavy atom. The SMILES string of the molecule is Cc1ccnc(NC(=O)c2cc(N)cc(N)c2)n1. The van der Waals surface area contributed by atoms with Crippen molar-refractivity contribution in [3.05, 3.63) is 41.7 Å². The highest BCUT2D eigenvalue weighted by atomic mass is 16.1. The van der Waals surface area contributed by atoms with Crippen molar-refractivity contribution < 1.29 is 4.79 Å². The molecule has 18 heavy (non-hydrogen) atoms. The molecule has 0 unspecified atom stereocenters. The lowest BCUT2D eigenvalue weighted by atomic mass is 10.1. The molecule has 0 aliphatic rings. The van der Waals surface area contributed by atoms with E-state index in [-0.39, 0.29) is 11.9 Å². The van der Waals surface area contributed by atoms with E-state index in [1.165, 1.54) is 0 Å². The van der Waals surface area contributed by atoms with Gasteiger partial charge in [-0.1, -0.05) is 0 Å². The van der Waals surface area contributed by atoms with Crippen LogP contribution in [0.5, 0.6) is 0 Å². The lowest BCUT2D eigenvalue weighted by Crippen LogP contribution is -2.15. The Morgan fingerprint density at radius 1 is 1.22 bits per heavy atom. The van der Waals surface area contributed by atoms with Crippen LogP contribution in [0.3, 0.4) is 0 Å². The van der Waals surface area contributed by atoms with Crippen LogP contribution in [-0.4, -0.2) is 15.9 Å². The van der Waals surface area contributed by atoms with Gasteiger partial charge in [0.25, 0.3) is 5.91 Å². The molecule has 2 rings (SSSR count). The molecule has 1 heterocycles. The van der Waals surface area contributed by atoms with Gasteiger partial charge in [-0.3, -0.25) is 10.1 Å². The third-order valence-electron chi connectivity index (χ3n) is 2.26. The maximum Gasteiger partial charge on any atom is 0.258 e. The van der Waals surface area contributed by atoms with E-state index in [0.717, 1.165) is 5.69 Å². The Hall–Kier alpha value is -2.63. The van der Waals surface area contributed by atoms with E-state index < -0.39 is 0 Å². The van der Waals surface area contributed by atoms with Gasteiger partial charge in [0, 0.05) is 28.8 Å². The molecule has 2 aromatic rings. The fourth-order valence-electron chi connectivity index (χ4n) is 1.49. The van der Waals surface area contributed by atoms with E-state index in [4.69, 9.17) is 11.5 Å². The molecule has 0 radical (unpaired) electrons. The monoisotopic (exact) mass is 243 g/mol. The van der Waals surface area contributed by atoms with E-state index in [2.05, 4.69) is 15.3 Å². The van der Waals surface area contributed by atoms with Crippen LogP contribution >= 0.6 is 0 Å². The summed E-state index contributed by atoms with van der Waals surface area (Å²) in [6.45, 7) is 1.82. The van der Waals surface area contributed by atoms with Gasteiger partial charge in [-0.05, 0) is 31.2 Å². The number of nitrogens with one attached hydrogen (secondary N) is 1. The van der Waals surface area contributed by atoms with Gasteiger partial charge in [-0.2, -0.15) is 0 Å². The second kappa shape index (κ2) is 4.70. The second-order valence-corrected chi connectivity index (χ2v) is 3.86. The van der Waals surface area contributed by atoms with Crippen LogP contribution in [0.15, 0.2) is 30.5 Å². The van der Waals surface area contributed by atoms with Crippen LogP contribution in [0.4, 0.5) is 17.3 Å². The predicted octanol–water partition coefficient (Wildman–Crippen LogP) is 1.20. The summed E-state index contributed by atoms with van der Waals surface area (Å²) in [5.74, 6) is -0.0967. The van der Waals surface area contributed by atoms with Crippen LogP contribution in [0, 0.1) is 6.92 Å². The van der Waals surface area contributed by atoms with Gasteiger partial charge in [0.15, 0.2) is 0 Å². The number of hydrogen-bond acceptors (Lipinski definition) is 5. The zero-order valence-electron chi connectivity index (χ0n) is 9.84. The topological polar surface area (TPSA) is 107 Å². The number of carbonyl (C=O) groups excluding carboxylic acids is 1. The molecule has 92 valence electrons. The molecule has 0 atom stereocenters. The zero-order valence-corrected chi connectivity index (χ0v) is 9.84. The van der Waals surface area contributed by atoms with E-state index in [0.29, 0.717) is 16.9 Å². The maximum absolute atomic E-state index is 11.9. The molecule has 0 bridgehead atoms. The number of nitrogens with two attached hydrogens (primary N) is 2. The minimum Gasteiger partial charge on any atom is -0.399 e. The van der Waals surface area contributed by atoms with Crippen LogP contribution in [-0.2, 0) is 0 Å². The summed E-state index contributed by atoms with van der Waals surface area (Å²) >= 11 is 0. The molecule has 0 aliphatic heterocycles. The van der Waals surface area contributed by atoms with Gasteiger partial charge >= 0.3 is 0 Å². The first-order valence-corrected chi connectivity index (χ1v) is 5.31. The van der Waals surface area contributed by atoms with Crippen LogP contribution in [0.1, 0.15) is 16.1 Å². The molecular weight excluding hydrogens is 230 g/mol. The number of rotatable bonds is 2. The molecule has 5 N–H and O–H groups in total. The van der Waals surface area contributed by atoms with Gasteiger partial charge in [0.2, 0.25) is 5.95 Å². The van der Waals surface area contributed by atoms with Crippen LogP contribution < -0.4 is 16.8 Å². The van der Waals surface area contributed by atoms with Gasteiger partial charge in [-0.25, -0.2) is 9.97 Å². The first-order chi connectivity index (χ1) is 8.54. The van der Waals surface area contributed by atoms with Crippen LogP contribution in [0.2, 0.25) is 0 Å². The largest absolute Gasteiger partial charge is 0.399 e. The third-order valence-corrected chi connectivity index (χ3v) is 2.26. The summed E-state index contributed by atoms with van der Waals surface area (Å²) in [5.41, 5.74) is 13.3. The molecule has 1 aromatic carbocycles. The first-order valence-electron chi connectivity index (χ1n) is 5.31. The second-order valence-electron chi connectivity index (χ2n) is 3.86. The molecule has 1 amide bonds. The predicted molar refractivity (Wildman–Crippen MR) is 70.0 cm³/mol. The molecule has 6 nitrogen and oxygen atoms in total. The van der Waals surface area contributed by atoms with Gasteiger partial charge in [0.05, 0.1) is 0 Å². The fraction of sp³-hybridized carbons (Fsp3) is 0.0833. The molecule has 1 aromatic heterocycles. The number of nitrogens with zero attached hydrogens (tertiary/aromatic N) is 2. The summed E-state index contributed by atoms with van der Waals surface area (Å²) in [7, 11) is 0. The Labute approximate surface area is 104 Å². The van der Waals surface area contributed by atoms with Crippen LogP contribution in [0.25, 0.3) is 0 Å². The molecule has 0 aliphatic carbocycles. The van der Waals surface area contributed by atoms with Crippen molar-refractivity contribution in [2.24, 2.45) is 0 Å².